The SMILES string of the molecule is CN(C)CC(=O)c1cn(C(=O)c2ccccc2Br)c2ccc(Br)cc12. The molecule has 2 aromatic carbocycles. The van der Waals surface area contributed by atoms with Crippen LogP contribution in [0.3, 0.4) is 0 Å². The summed E-state index contributed by atoms with van der Waals surface area (Å²) in [7, 11) is 3.69. The number of halogens is 2. The first-order chi connectivity index (χ1) is 11.9. The molecule has 0 atom stereocenters. The van der Waals surface area contributed by atoms with Crippen LogP contribution in [0.4, 0.5) is 0 Å². The van der Waals surface area contributed by atoms with E-state index in [9.17, 15) is 9.59 Å². The van der Waals surface area contributed by atoms with E-state index in [-0.39, 0.29) is 18.2 Å². The first-order valence-corrected chi connectivity index (χ1v) is 9.25. The topological polar surface area (TPSA) is 42.3 Å². The molecule has 0 saturated heterocycles. The van der Waals surface area contributed by atoms with Crippen LogP contribution in [0.15, 0.2) is 57.6 Å². The van der Waals surface area contributed by atoms with Gasteiger partial charge >= 0.3 is 0 Å². The van der Waals surface area contributed by atoms with Crippen LogP contribution >= 0.6 is 31.9 Å². The number of carbonyl (C=O) groups excluding carboxylic acids is 2. The third-order valence-corrected chi connectivity index (χ3v) is 5.03. The lowest BCUT2D eigenvalue weighted by Gasteiger charge is -2.07. The third kappa shape index (κ3) is 3.61. The lowest BCUT2D eigenvalue weighted by atomic mass is 10.1. The van der Waals surface area contributed by atoms with Gasteiger partial charge in [0.2, 0.25) is 0 Å². The summed E-state index contributed by atoms with van der Waals surface area (Å²) >= 11 is 6.87. The van der Waals surface area contributed by atoms with E-state index in [2.05, 4.69) is 31.9 Å². The van der Waals surface area contributed by atoms with Crippen LogP contribution in [-0.2, 0) is 0 Å². The molecule has 1 heterocycles. The Hall–Kier alpha value is -1.76. The molecule has 0 unspecified atom stereocenters. The van der Waals surface area contributed by atoms with Gasteiger partial charge in [-0.2, -0.15) is 0 Å². The fraction of sp³-hybridized carbons (Fsp3) is 0.158. The molecular formula is C19H16Br2N2O2. The molecule has 0 amide bonds. The molecule has 1 aromatic heterocycles. The molecule has 0 N–H and O–H groups in total. The summed E-state index contributed by atoms with van der Waals surface area (Å²) < 4.78 is 3.13. The first-order valence-electron chi connectivity index (χ1n) is 7.66. The average molecular weight is 464 g/mol. The van der Waals surface area contributed by atoms with Crippen LogP contribution in [0.2, 0.25) is 0 Å². The van der Waals surface area contributed by atoms with Gasteiger partial charge in [-0.15, -0.1) is 0 Å². The zero-order valence-electron chi connectivity index (χ0n) is 13.8. The minimum Gasteiger partial charge on any atom is -0.302 e. The zero-order chi connectivity index (χ0) is 18.1. The Bertz CT molecular complexity index is 977. The van der Waals surface area contributed by atoms with Crippen molar-refractivity contribution in [1.82, 2.24) is 9.47 Å². The van der Waals surface area contributed by atoms with E-state index in [1.807, 2.05) is 55.4 Å². The maximum atomic E-state index is 13.0. The molecule has 0 aliphatic heterocycles. The van der Waals surface area contributed by atoms with Crippen LogP contribution < -0.4 is 0 Å². The minimum absolute atomic E-state index is 0.0215. The van der Waals surface area contributed by atoms with Crippen LogP contribution in [0.25, 0.3) is 10.9 Å². The molecule has 0 radical (unpaired) electrons. The van der Waals surface area contributed by atoms with Crippen molar-refractivity contribution < 1.29 is 9.59 Å². The largest absolute Gasteiger partial charge is 0.302 e. The average Bonchev–Trinajstić information content (AvgIpc) is 2.92. The maximum absolute atomic E-state index is 13.0. The smallest absolute Gasteiger partial charge is 0.263 e. The van der Waals surface area contributed by atoms with Crippen molar-refractivity contribution in [1.29, 1.82) is 0 Å². The van der Waals surface area contributed by atoms with Gasteiger partial charge in [0.15, 0.2) is 5.78 Å². The Labute approximate surface area is 162 Å². The van der Waals surface area contributed by atoms with Crippen molar-refractivity contribution in [2.75, 3.05) is 20.6 Å². The minimum atomic E-state index is -0.177. The van der Waals surface area contributed by atoms with Gasteiger partial charge in [-0.05, 0) is 60.4 Å². The van der Waals surface area contributed by atoms with E-state index in [1.165, 1.54) is 0 Å². The standard InChI is InChI=1S/C19H16Br2N2O2/c1-22(2)11-18(24)15-10-23(17-8-7-12(20)9-14(15)17)19(25)13-5-3-4-6-16(13)21/h3-10H,11H2,1-2H3. The lowest BCUT2D eigenvalue weighted by Crippen LogP contribution is -2.21. The van der Waals surface area contributed by atoms with Gasteiger partial charge in [-0.3, -0.25) is 14.2 Å². The molecule has 25 heavy (non-hydrogen) atoms. The highest BCUT2D eigenvalue weighted by Crippen LogP contribution is 2.28. The summed E-state index contributed by atoms with van der Waals surface area (Å²) in [5.41, 5.74) is 1.81. The van der Waals surface area contributed by atoms with Crippen molar-refractivity contribution in [3.63, 3.8) is 0 Å². The van der Waals surface area contributed by atoms with E-state index in [4.69, 9.17) is 0 Å². The molecule has 0 bridgehead atoms. The number of aromatic nitrogens is 1. The number of ketones is 1. The first kappa shape index (κ1) is 18.0. The molecule has 3 aromatic rings. The second-order valence-electron chi connectivity index (χ2n) is 6.02. The quantitative estimate of drug-likeness (QED) is 0.531. The maximum Gasteiger partial charge on any atom is 0.263 e. The predicted molar refractivity (Wildman–Crippen MR) is 106 cm³/mol. The molecule has 0 saturated carbocycles. The van der Waals surface area contributed by atoms with Gasteiger partial charge in [0.1, 0.15) is 0 Å². The molecule has 128 valence electrons. The van der Waals surface area contributed by atoms with E-state index < -0.39 is 0 Å². The van der Waals surface area contributed by atoms with Crippen molar-refractivity contribution in [3.05, 3.63) is 68.7 Å². The monoisotopic (exact) mass is 462 g/mol. The van der Waals surface area contributed by atoms with Crippen LogP contribution in [0.5, 0.6) is 0 Å². The number of carbonyl (C=O) groups is 2. The third-order valence-electron chi connectivity index (χ3n) is 3.85. The summed E-state index contributed by atoms with van der Waals surface area (Å²) in [6, 6.07) is 12.9. The van der Waals surface area contributed by atoms with Gasteiger partial charge in [-0.1, -0.05) is 28.1 Å². The van der Waals surface area contributed by atoms with Crippen molar-refractivity contribution in [3.8, 4) is 0 Å². The Balaban J connectivity index is 2.18. The van der Waals surface area contributed by atoms with Crippen LogP contribution in [-0.4, -0.2) is 41.8 Å². The molecule has 0 aliphatic carbocycles. The van der Waals surface area contributed by atoms with Crippen molar-refractivity contribution >= 4 is 54.5 Å². The van der Waals surface area contributed by atoms with Gasteiger partial charge in [-0.25, -0.2) is 0 Å². The number of benzene rings is 2. The van der Waals surface area contributed by atoms with Crippen LogP contribution in [0, 0.1) is 0 Å². The molecule has 4 nitrogen and oxygen atoms in total. The van der Waals surface area contributed by atoms with E-state index in [1.54, 1.807) is 16.8 Å². The predicted octanol–water partition coefficient (Wildman–Crippen LogP) is 4.60. The number of rotatable bonds is 4. The van der Waals surface area contributed by atoms with E-state index in [0.29, 0.717) is 16.6 Å². The molecule has 3 rings (SSSR count). The Kier molecular flexibility index (Phi) is 5.22. The summed E-state index contributed by atoms with van der Waals surface area (Å²) in [5, 5.41) is 0.765. The number of fused-ring (bicyclic) bond motifs is 1. The highest BCUT2D eigenvalue weighted by molar-refractivity contribution is 9.10. The second kappa shape index (κ2) is 7.23. The number of Topliss-reactive ketones (excluding diaryl/α,β-unsaturated/α-hetero) is 1. The molecule has 0 aliphatic rings. The molecule has 6 heteroatoms. The number of hydrogen-bond donors (Lipinski definition) is 0. The second-order valence-corrected chi connectivity index (χ2v) is 7.79. The Morgan fingerprint density at radius 1 is 1.04 bits per heavy atom. The summed E-state index contributed by atoms with van der Waals surface area (Å²) in [4.78, 5) is 27.5. The Morgan fingerprint density at radius 2 is 1.76 bits per heavy atom. The van der Waals surface area contributed by atoms with Crippen molar-refractivity contribution in [2.45, 2.75) is 0 Å². The highest BCUT2D eigenvalue weighted by atomic mass is 79.9. The molecule has 0 fully saturated rings. The van der Waals surface area contributed by atoms with Gasteiger partial charge in [0.05, 0.1) is 17.6 Å². The van der Waals surface area contributed by atoms with Gasteiger partial charge in [0.25, 0.3) is 5.91 Å². The van der Waals surface area contributed by atoms with Gasteiger partial charge < -0.3 is 4.90 Å². The summed E-state index contributed by atoms with van der Waals surface area (Å²) in [5.74, 6) is -0.199. The normalized spacial score (nSPS) is 11.2. The van der Waals surface area contributed by atoms with E-state index >= 15 is 0 Å². The summed E-state index contributed by atoms with van der Waals surface area (Å²) in [6.07, 6.45) is 1.64. The van der Waals surface area contributed by atoms with Gasteiger partial charge in [0, 0.05) is 26.1 Å². The number of nitrogens with zero attached hydrogens (tertiary/aromatic N) is 2. The van der Waals surface area contributed by atoms with Crippen LogP contribution in [0.1, 0.15) is 20.7 Å². The number of hydrogen-bond acceptors (Lipinski definition) is 3. The summed E-state index contributed by atoms with van der Waals surface area (Å²) in [6.45, 7) is 0.287. The molecule has 0 spiro atoms. The molecular weight excluding hydrogens is 448 g/mol. The Morgan fingerprint density at radius 3 is 2.44 bits per heavy atom. The zero-order valence-corrected chi connectivity index (χ0v) is 17.0. The van der Waals surface area contributed by atoms with Crippen molar-refractivity contribution in [2.24, 2.45) is 0 Å². The fourth-order valence-corrected chi connectivity index (χ4v) is 3.54. The lowest BCUT2D eigenvalue weighted by molar-refractivity contribution is 0.0959. The van der Waals surface area contributed by atoms with E-state index in [0.717, 1.165) is 14.3 Å². The fourth-order valence-electron chi connectivity index (χ4n) is 2.73. The number of likely N-dealkylation sites (N-methyl/N-ethyl adjacent to an activating group) is 1. The highest BCUT2D eigenvalue weighted by Gasteiger charge is 2.20.